The van der Waals surface area contributed by atoms with Crippen molar-refractivity contribution in [1.29, 1.82) is 0 Å². The first-order chi connectivity index (χ1) is 8.19. The van der Waals surface area contributed by atoms with Gasteiger partial charge in [0.1, 0.15) is 5.82 Å². The fourth-order valence-electron chi connectivity index (χ4n) is 2.05. The van der Waals surface area contributed by atoms with Crippen LogP contribution in [0, 0.1) is 5.82 Å². The molecule has 0 aliphatic heterocycles. The van der Waals surface area contributed by atoms with Gasteiger partial charge in [-0.1, -0.05) is 31.9 Å². The Labute approximate surface area is 104 Å². The molecule has 3 heteroatoms. The smallest absolute Gasteiger partial charge is 0.123 e. The van der Waals surface area contributed by atoms with Crippen LogP contribution in [0.3, 0.4) is 0 Å². The molecular formula is C14H23FN2. The molecule has 0 radical (unpaired) electrons. The van der Waals surface area contributed by atoms with E-state index in [1.54, 1.807) is 12.1 Å². The SMILES string of the molecule is CCCCCN(C)C(CN)c1cccc(F)c1. The molecule has 0 aromatic heterocycles. The molecule has 0 saturated heterocycles. The van der Waals surface area contributed by atoms with E-state index < -0.39 is 0 Å². The first kappa shape index (κ1) is 14.1. The molecule has 1 aromatic rings. The van der Waals surface area contributed by atoms with Crippen molar-refractivity contribution < 1.29 is 4.39 Å². The minimum absolute atomic E-state index is 0.113. The standard InChI is InChI=1S/C14H23FN2/c1-3-4-5-9-17(2)14(11-16)12-7-6-8-13(15)10-12/h6-8,10,14H,3-5,9,11,16H2,1-2H3. The normalized spacial score (nSPS) is 13.0. The van der Waals surface area contributed by atoms with Crippen LogP contribution in [0.2, 0.25) is 0 Å². The van der Waals surface area contributed by atoms with Crippen LogP contribution in [0.25, 0.3) is 0 Å². The number of unbranched alkanes of at least 4 members (excludes halogenated alkanes) is 2. The number of benzene rings is 1. The molecule has 1 atom stereocenters. The molecule has 0 fully saturated rings. The Morgan fingerprint density at radius 2 is 2.12 bits per heavy atom. The lowest BCUT2D eigenvalue weighted by atomic mass is 10.1. The van der Waals surface area contributed by atoms with E-state index in [2.05, 4.69) is 18.9 Å². The van der Waals surface area contributed by atoms with Crippen molar-refractivity contribution in [3.05, 3.63) is 35.6 Å². The number of nitrogens with zero attached hydrogens (tertiary/aromatic N) is 1. The van der Waals surface area contributed by atoms with Crippen LogP contribution < -0.4 is 5.73 Å². The zero-order valence-corrected chi connectivity index (χ0v) is 10.8. The molecule has 1 rings (SSSR count). The summed E-state index contributed by atoms with van der Waals surface area (Å²) in [5.41, 5.74) is 6.76. The van der Waals surface area contributed by atoms with Gasteiger partial charge in [0.05, 0.1) is 0 Å². The van der Waals surface area contributed by atoms with Crippen molar-refractivity contribution >= 4 is 0 Å². The van der Waals surface area contributed by atoms with Gasteiger partial charge in [-0.15, -0.1) is 0 Å². The molecule has 0 heterocycles. The third-order valence-electron chi connectivity index (χ3n) is 3.10. The van der Waals surface area contributed by atoms with E-state index in [-0.39, 0.29) is 11.9 Å². The summed E-state index contributed by atoms with van der Waals surface area (Å²) in [5, 5.41) is 0. The Bertz CT molecular complexity index is 328. The molecule has 1 aromatic carbocycles. The highest BCUT2D eigenvalue weighted by Gasteiger charge is 2.15. The van der Waals surface area contributed by atoms with Crippen LogP contribution in [-0.4, -0.2) is 25.0 Å². The Hall–Kier alpha value is -0.930. The van der Waals surface area contributed by atoms with Gasteiger partial charge in [-0.05, 0) is 37.7 Å². The van der Waals surface area contributed by atoms with Crippen LogP contribution in [0.5, 0.6) is 0 Å². The van der Waals surface area contributed by atoms with Gasteiger partial charge in [0.2, 0.25) is 0 Å². The summed E-state index contributed by atoms with van der Waals surface area (Å²) < 4.78 is 13.2. The molecule has 0 spiro atoms. The van der Waals surface area contributed by atoms with Crippen molar-refractivity contribution in [2.45, 2.75) is 32.2 Å². The summed E-state index contributed by atoms with van der Waals surface area (Å²) in [6.07, 6.45) is 3.60. The van der Waals surface area contributed by atoms with E-state index >= 15 is 0 Å². The molecule has 2 N–H and O–H groups in total. The van der Waals surface area contributed by atoms with Gasteiger partial charge in [0, 0.05) is 12.6 Å². The Kier molecular flexibility index (Phi) is 6.16. The van der Waals surface area contributed by atoms with Gasteiger partial charge in [-0.3, -0.25) is 4.90 Å². The summed E-state index contributed by atoms with van der Waals surface area (Å²) in [7, 11) is 2.05. The highest BCUT2D eigenvalue weighted by Crippen LogP contribution is 2.19. The van der Waals surface area contributed by atoms with Crippen LogP contribution in [-0.2, 0) is 0 Å². The number of nitrogens with two attached hydrogens (primary N) is 1. The number of hydrogen-bond donors (Lipinski definition) is 1. The highest BCUT2D eigenvalue weighted by atomic mass is 19.1. The molecule has 0 bridgehead atoms. The zero-order valence-electron chi connectivity index (χ0n) is 10.8. The fourth-order valence-corrected chi connectivity index (χ4v) is 2.05. The monoisotopic (exact) mass is 238 g/mol. The summed E-state index contributed by atoms with van der Waals surface area (Å²) in [4.78, 5) is 2.21. The van der Waals surface area contributed by atoms with Crippen LogP contribution >= 0.6 is 0 Å². The maximum atomic E-state index is 13.2. The lowest BCUT2D eigenvalue weighted by Crippen LogP contribution is -2.31. The number of rotatable bonds is 7. The van der Waals surface area contributed by atoms with E-state index in [9.17, 15) is 4.39 Å². The second kappa shape index (κ2) is 7.41. The lowest BCUT2D eigenvalue weighted by Gasteiger charge is -2.27. The van der Waals surface area contributed by atoms with E-state index in [0.29, 0.717) is 6.54 Å². The molecule has 0 aliphatic rings. The van der Waals surface area contributed by atoms with Gasteiger partial charge < -0.3 is 5.73 Å². The van der Waals surface area contributed by atoms with Crippen LogP contribution in [0.15, 0.2) is 24.3 Å². The van der Waals surface area contributed by atoms with E-state index in [4.69, 9.17) is 5.73 Å². The van der Waals surface area contributed by atoms with Gasteiger partial charge in [0.15, 0.2) is 0 Å². The first-order valence-corrected chi connectivity index (χ1v) is 6.34. The molecule has 0 aliphatic carbocycles. The lowest BCUT2D eigenvalue weighted by molar-refractivity contribution is 0.244. The third-order valence-corrected chi connectivity index (χ3v) is 3.10. The minimum Gasteiger partial charge on any atom is -0.329 e. The molecule has 0 saturated carbocycles. The molecule has 0 amide bonds. The Morgan fingerprint density at radius 3 is 2.71 bits per heavy atom. The minimum atomic E-state index is -0.192. The maximum absolute atomic E-state index is 13.2. The summed E-state index contributed by atoms with van der Waals surface area (Å²) in [5.74, 6) is -0.192. The topological polar surface area (TPSA) is 29.3 Å². The number of likely N-dealkylation sites (N-methyl/N-ethyl adjacent to an activating group) is 1. The second-order valence-electron chi connectivity index (χ2n) is 4.49. The zero-order chi connectivity index (χ0) is 12.7. The van der Waals surface area contributed by atoms with Gasteiger partial charge >= 0.3 is 0 Å². The van der Waals surface area contributed by atoms with Gasteiger partial charge in [-0.25, -0.2) is 4.39 Å². The average Bonchev–Trinajstić information content (AvgIpc) is 2.30. The average molecular weight is 238 g/mol. The van der Waals surface area contributed by atoms with Crippen LogP contribution in [0.1, 0.15) is 37.8 Å². The third kappa shape index (κ3) is 4.44. The Morgan fingerprint density at radius 1 is 1.35 bits per heavy atom. The van der Waals surface area contributed by atoms with Gasteiger partial charge in [-0.2, -0.15) is 0 Å². The van der Waals surface area contributed by atoms with Gasteiger partial charge in [0.25, 0.3) is 0 Å². The molecule has 17 heavy (non-hydrogen) atoms. The largest absolute Gasteiger partial charge is 0.329 e. The first-order valence-electron chi connectivity index (χ1n) is 6.34. The van der Waals surface area contributed by atoms with Crippen LogP contribution in [0.4, 0.5) is 4.39 Å². The highest BCUT2D eigenvalue weighted by molar-refractivity contribution is 5.20. The van der Waals surface area contributed by atoms with E-state index in [0.717, 1.165) is 12.1 Å². The summed E-state index contributed by atoms with van der Waals surface area (Å²) >= 11 is 0. The van der Waals surface area contributed by atoms with E-state index in [1.165, 1.54) is 25.3 Å². The fraction of sp³-hybridized carbons (Fsp3) is 0.571. The molecule has 1 unspecified atom stereocenters. The molecular weight excluding hydrogens is 215 g/mol. The van der Waals surface area contributed by atoms with Crippen molar-refractivity contribution in [2.24, 2.45) is 5.73 Å². The molecule has 96 valence electrons. The summed E-state index contributed by atoms with van der Waals surface area (Å²) in [6.45, 7) is 3.71. The Balaban J connectivity index is 2.63. The quantitative estimate of drug-likeness (QED) is 0.740. The van der Waals surface area contributed by atoms with Crippen molar-refractivity contribution in [2.75, 3.05) is 20.1 Å². The maximum Gasteiger partial charge on any atom is 0.123 e. The van der Waals surface area contributed by atoms with Crippen molar-refractivity contribution in [3.8, 4) is 0 Å². The predicted octanol–water partition coefficient (Wildman–Crippen LogP) is 2.95. The summed E-state index contributed by atoms with van der Waals surface area (Å²) in [6, 6.07) is 6.84. The number of halogens is 1. The predicted molar refractivity (Wildman–Crippen MR) is 70.4 cm³/mol. The molecule has 2 nitrogen and oxygen atoms in total. The van der Waals surface area contributed by atoms with Crippen molar-refractivity contribution in [1.82, 2.24) is 4.90 Å². The second-order valence-corrected chi connectivity index (χ2v) is 4.49. The van der Waals surface area contributed by atoms with E-state index in [1.807, 2.05) is 6.07 Å². The van der Waals surface area contributed by atoms with Crippen molar-refractivity contribution in [3.63, 3.8) is 0 Å². The number of hydrogen-bond acceptors (Lipinski definition) is 2.